The van der Waals surface area contributed by atoms with Gasteiger partial charge in [0.1, 0.15) is 5.69 Å². The number of nitrogens with zero attached hydrogens (tertiary/aromatic N) is 4. The van der Waals surface area contributed by atoms with Gasteiger partial charge in [0.2, 0.25) is 0 Å². The molecule has 0 saturated heterocycles. The summed E-state index contributed by atoms with van der Waals surface area (Å²) in [6.45, 7) is 2.30. The molecule has 0 radical (unpaired) electrons. The maximum absolute atomic E-state index is 5.68. The van der Waals surface area contributed by atoms with Gasteiger partial charge >= 0.3 is 0 Å². The fourth-order valence-electron chi connectivity index (χ4n) is 2.16. The van der Waals surface area contributed by atoms with E-state index in [1.165, 1.54) is 0 Å². The van der Waals surface area contributed by atoms with Crippen LogP contribution in [0, 0.1) is 6.92 Å². The highest BCUT2D eigenvalue weighted by atomic mass is 15.1. The van der Waals surface area contributed by atoms with E-state index in [2.05, 4.69) is 15.0 Å². The summed E-state index contributed by atoms with van der Waals surface area (Å²) in [5.74, 6) is 0.809. The van der Waals surface area contributed by atoms with Gasteiger partial charge in [0.25, 0.3) is 0 Å². The van der Waals surface area contributed by atoms with Gasteiger partial charge in [-0.2, -0.15) is 0 Å². The molecule has 3 rings (SSSR count). The van der Waals surface area contributed by atoms with Crippen LogP contribution in [-0.4, -0.2) is 19.5 Å². The van der Waals surface area contributed by atoms with E-state index in [4.69, 9.17) is 5.73 Å². The van der Waals surface area contributed by atoms with Crippen LogP contribution in [-0.2, 0) is 13.6 Å². The number of hydrogen-bond donors (Lipinski definition) is 1. The first-order valence-electron chi connectivity index (χ1n) is 6.15. The zero-order valence-corrected chi connectivity index (χ0v) is 11.0. The number of fused-ring (bicyclic) bond motifs is 1. The SMILES string of the molecule is Cc1ncc(-c2nc3ccccc3n2C)nc1CN. The number of aromatic nitrogens is 4. The van der Waals surface area contributed by atoms with Gasteiger partial charge < -0.3 is 10.3 Å². The second-order valence-electron chi connectivity index (χ2n) is 4.47. The van der Waals surface area contributed by atoms with Crippen LogP contribution in [0.25, 0.3) is 22.6 Å². The minimum Gasteiger partial charge on any atom is -0.326 e. The molecule has 0 aliphatic heterocycles. The molecule has 0 bridgehead atoms. The van der Waals surface area contributed by atoms with Crippen LogP contribution in [0.3, 0.4) is 0 Å². The molecule has 2 aromatic heterocycles. The number of para-hydroxylation sites is 2. The van der Waals surface area contributed by atoms with Crippen molar-refractivity contribution in [1.29, 1.82) is 0 Å². The van der Waals surface area contributed by atoms with Crippen LogP contribution < -0.4 is 5.73 Å². The Hall–Kier alpha value is -2.27. The van der Waals surface area contributed by atoms with Crippen molar-refractivity contribution in [3.63, 3.8) is 0 Å². The third kappa shape index (κ3) is 1.88. The van der Waals surface area contributed by atoms with Gasteiger partial charge in [0, 0.05) is 13.6 Å². The van der Waals surface area contributed by atoms with Gasteiger partial charge in [-0.1, -0.05) is 12.1 Å². The molecule has 0 fully saturated rings. The average molecular weight is 253 g/mol. The zero-order valence-electron chi connectivity index (χ0n) is 11.0. The lowest BCUT2D eigenvalue weighted by Crippen LogP contribution is -2.06. The molecule has 0 amide bonds. The lowest BCUT2D eigenvalue weighted by atomic mass is 10.3. The van der Waals surface area contributed by atoms with Crippen LogP contribution in [0.1, 0.15) is 11.4 Å². The summed E-state index contributed by atoms with van der Waals surface area (Å²) in [7, 11) is 1.98. The highest BCUT2D eigenvalue weighted by Gasteiger charge is 2.12. The van der Waals surface area contributed by atoms with Crippen LogP contribution in [0.15, 0.2) is 30.5 Å². The monoisotopic (exact) mass is 253 g/mol. The van der Waals surface area contributed by atoms with Gasteiger partial charge in [-0.15, -0.1) is 0 Å². The van der Waals surface area contributed by atoms with Crippen molar-refractivity contribution < 1.29 is 0 Å². The molecule has 0 unspecified atom stereocenters. The van der Waals surface area contributed by atoms with Gasteiger partial charge in [0.15, 0.2) is 5.82 Å². The third-order valence-corrected chi connectivity index (χ3v) is 3.26. The number of nitrogens with two attached hydrogens (primary N) is 1. The van der Waals surface area contributed by atoms with Crippen molar-refractivity contribution in [2.45, 2.75) is 13.5 Å². The molecule has 2 N–H and O–H groups in total. The maximum atomic E-state index is 5.68. The topological polar surface area (TPSA) is 69.6 Å². The Bertz CT molecular complexity index is 745. The predicted octanol–water partition coefficient (Wildman–Crippen LogP) is 1.80. The number of rotatable bonds is 2. The minimum absolute atomic E-state index is 0.386. The Labute approximate surface area is 111 Å². The largest absolute Gasteiger partial charge is 0.326 e. The molecule has 5 heteroatoms. The summed E-state index contributed by atoms with van der Waals surface area (Å²) in [4.78, 5) is 13.5. The first-order chi connectivity index (χ1) is 9.20. The fourth-order valence-corrected chi connectivity index (χ4v) is 2.16. The molecule has 0 atom stereocenters. The lowest BCUT2D eigenvalue weighted by molar-refractivity contribution is 0.903. The summed E-state index contributed by atoms with van der Waals surface area (Å²) in [5.41, 5.74) is 10.1. The molecule has 0 aliphatic carbocycles. The standard InChI is InChI=1S/C14H15N5/c1-9-11(7-15)17-12(8-16-9)14-18-10-5-3-4-6-13(10)19(14)2/h3-6,8H,7,15H2,1-2H3. The summed E-state index contributed by atoms with van der Waals surface area (Å²) < 4.78 is 2.02. The average Bonchev–Trinajstić information content (AvgIpc) is 2.77. The summed E-state index contributed by atoms with van der Waals surface area (Å²) in [6, 6.07) is 8.01. The Morgan fingerprint density at radius 2 is 2.00 bits per heavy atom. The number of aryl methyl sites for hydroxylation is 2. The summed E-state index contributed by atoms with van der Waals surface area (Å²) in [6.07, 6.45) is 1.75. The molecule has 0 saturated carbocycles. The number of benzene rings is 1. The van der Waals surface area contributed by atoms with Crippen LogP contribution in [0.2, 0.25) is 0 Å². The van der Waals surface area contributed by atoms with Crippen molar-refractivity contribution in [2.75, 3.05) is 0 Å². The van der Waals surface area contributed by atoms with Gasteiger partial charge in [0.05, 0.1) is 28.6 Å². The molecule has 2 heterocycles. The normalized spacial score (nSPS) is 11.1. The summed E-state index contributed by atoms with van der Waals surface area (Å²) >= 11 is 0. The van der Waals surface area contributed by atoms with E-state index in [9.17, 15) is 0 Å². The Morgan fingerprint density at radius 3 is 2.74 bits per heavy atom. The highest BCUT2D eigenvalue weighted by molar-refractivity contribution is 5.79. The first-order valence-corrected chi connectivity index (χ1v) is 6.15. The van der Waals surface area contributed by atoms with Gasteiger partial charge in [-0.25, -0.2) is 9.97 Å². The molecule has 96 valence electrons. The van der Waals surface area contributed by atoms with E-state index in [1.54, 1.807) is 6.20 Å². The van der Waals surface area contributed by atoms with E-state index < -0.39 is 0 Å². The fraction of sp³-hybridized carbons (Fsp3) is 0.214. The quantitative estimate of drug-likeness (QED) is 0.756. The highest BCUT2D eigenvalue weighted by Crippen LogP contribution is 2.22. The van der Waals surface area contributed by atoms with Crippen LogP contribution in [0.4, 0.5) is 0 Å². The Morgan fingerprint density at radius 1 is 1.21 bits per heavy atom. The molecule has 3 aromatic rings. The van der Waals surface area contributed by atoms with Gasteiger partial charge in [-0.3, -0.25) is 4.98 Å². The lowest BCUT2D eigenvalue weighted by Gasteiger charge is -2.05. The van der Waals surface area contributed by atoms with E-state index in [-0.39, 0.29) is 0 Å². The van der Waals surface area contributed by atoms with E-state index >= 15 is 0 Å². The number of hydrogen-bond acceptors (Lipinski definition) is 4. The maximum Gasteiger partial charge on any atom is 0.161 e. The zero-order chi connectivity index (χ0) is 13.4. The number of imidazole rings is 1. The second-order valence-corrected chi connectivity index (χ2v) is 4.47. The molecule has 19 heavy (non-hydrogen) atoms. The molecular weight excluding hydrogens is 238 g/mol. The molecule has 0 aliphatic rings. The Balaban J connectivity index is 2.21. The van der Waals surface area contributed by atoms with Crippen LogP contribution in [0.5, 0.6) is 0 Å². The smallest absolute Gasteiger partial charge is 0.161 e. The van der Waals surface area contributed by atoms with E-state index in [0.29, 0.717) is 6.54 Å². The molecule has 0 spiro atoms. The minimum atomic E-state index is 0.386. The van der Waals surface area contributed by atoms with Crippen LogP contribution >= 0.6 is 0 Å². The Kier molecular flexibility index (Phi) is 2.76. The van der Waals surface area contributed by atoms with Crippen molar-refractivity contribution in [3.05, 3.63) is 41.9 Å². The van der Waals surface area contributed by atoms with Crippen molar-refractivity contribution in [2.24, 2.45) is 12.8 Å². The second kappa shape index (κ2) is 4.44. The molecule has 1 aromatic carbocycles. The summed E-state index contributed by atoms with van der Waals surface area (Å²) in [5, 5.41) is 0. The molecular formula is C14H15N5. The third-order valence-electron chi connectivity index (χ3n) is 3.26. The predicted molar refractivity (Wildman–Crippen MR) is 74.4 cm³/mol. The van der Waals surface area contributed by atoms with Crippen molar-refractivity contribution in [1.82, 2.24) is 19.5 Å². The van der Waals surface area contributed by atoms with Crippen molar-refractivity contribution in [3.8, 4) is 11.5 Å². The van der Waals surface area contributed by atoms with E-state index in [1.807, 2.05) is 42.8 Å². The van der Waals surface area contributed by atoms with Gasteiger partial charge in [-0.05, 0) is 19.1 Å². The molecule has 5 nitrogen and oxygen atoms in total. The van der Waals surface area contributed by atoms with Crippen molar-refractivity contribution >= 4 is 11.0 Å². The van der Waals surface area contributed by atoms with E-state index in [0.717, 1.165) is 33.9 Å². The first kappa shape index (κ1) is 11.8.